The Morgan fingerprint density at radius 3 is 2.55 bits per heavy atom. The Morgan fingerprint density at radius 2 is 1.82 bits per heavy atom. The van der Waals surface area contributed by atoms with Crippen molar-refractivity contribution in [2.24, 2.45) is 0 Å². The largest absolute Gasteiger partial charge is 1.00 e. The number of rotatable bonds is 0. The number of anilines is 1. The van der Waals surface area contributed by atoms with Crippen LogP contribution in [0.5, 0.6) is 0 Å². The Bertz CT molecular complexity index is 748. The molecule has 1 unspecified atom stereocenters. The average molecular weight is 495 g/mol. The van der Waals surface area contributed by atoms with Crippen molar-refractivity contribution in [3.63, 3.8) is 0 Å². The number of benzene rings is 2. The molecule has 22 heavy (non-hydrogen) atoms. The fourth-order valence-corrected chi connectivity index (χ4v) is 4.52. The van der Waals surface area contributed by atoms with Crippen molar-refractivity contribution in [2.75, 3.05) is 11.9 Å². The molecule has 1 aliphatic heterocycles. The third kappa shape index (κ3) is 2.84. The van der Waals surface area contributed by atoms with Crippen LogP contribution in [-0.2, 0) is 24.7 Å². The zero-order valence-corrected chi connectivity index (χ0v) is 17.9. The third-order valence-corrected chi connectivity index (χ3v) is 5.56. The van der Waals surface area contributed by atoms with Gasteiger partial charge in [0.15, 0.2) is 0 Å². The van der Waals surface area contributed by atoms with E-state index in [0.29, 0.717) is 6.04 Å². The zero-order chi connectivity index (χ0) is 13.1. The summed E-state index contributed by atoms with van der Waals surface area (Å²) >= 11 is 5.06. The summed E-state index contributed by atoms with van der Waals surface area (Å²) in [4.78, 5) is 2.41. The van der Waals surface area contributed by atoms with Gasteiger partial charge in [-0.25, -0.2) is 0 Å². The Labute approximate surface area is 172 Å². The predicted octanol–water partition coefficient (Wildman–Crippen LogP) is -5.32. The van der Waals surface area contributed by atoms with Gasteiger partial charge in [0.1, 0.15) is 0 Å². The molecule has 0 aromatic heterocycles. The van der Waals surface area contributed by atoms with Gasteiger partial charge in [0.25, 0.3) is 0 Å². The van der Waals surface area contributed by atoms with Crippen LogP contribution in [-0.4, -0.2) is 7.05 Å². The second kappa shape index (κ2) is 7.40. The predicted molar refractivity (Wildman–Crippen MR) is 79.2 cm³/mol. The molecule has 1 aliphatic carbocycles. The molecule has 112 valence electrons. The van der Waals surface area contributed by atoms with E-state index in [2.05, 4.69) is 70.4 Å². The van der Waals surface area contributed by atoms with Crippen LogP contribution in [0.15, 0.2) is 40.9 Å². The number of hydrogen-bond acceptors (Lipinski definition) is 1. The minimum Gasteiger partial charge on any atom is -1.00 e. The SMILES string of the molecule is CN1c2ccc[c]([Zr+3])c2C2=Cc3cc(Br)ccc3C21.[Cl-].[Cl-].[Cl-]. The average Bonchev–Trinajstić information content (AvgIpc) is 2.87. The van der Waals surface area contributed by atoms with E-state index in [1.807, 2.05) is 0 Å². The first-order valence-corrected chi connectivity index (χ1v) is 8.28. The Hall–Kier alpha value is 0.213. The Balaban J connectivity index is 0.000000807. The molecule has 0 saturated carbocycles. The van der Waals surface area contributed by atoms with Gasteiger partial charge in [-0.1, -0.05) is 0 Å². The monoisotopic (exact) mass is 491 g/mol. The third-order valence-electron chi connectivity index (χ3n) is 4.05. The van der Waals surface area contributed by atoms with Crippen LogP contribution in [0.1, 0.15) is 22.7 Å². The van der Waals surface area contributed by atoms with Gasteiger partial charge in [-0.3, -0.25) is 0 Å². The smallest absolute Gasteiger partial charge is 1.00 e. The summed E-state index contributed by atoms with van der Waals surface area (Å²) < 4.78 is 2.61. The maximum absolute atomic E-state index is 3.57. The van der Waals surface area contributed by atoms with Gasteiger partial charge in [0.05, 0.1) is 0 Å². The van der Waals surface area contributed by atoms with E-state index in [9.17, 15) is 0 Å². The van der Waals surface area contributed by atoms with Crippen molar-refractivity contribution in [1.82, 2.24) is 0 Å². The van der Waals surface area contributed by atoms with E-state index >= 15 is 0 Å². The summed E-state index contributed by atoms with van der Waals surface area (Å²) in [6.07, 6.45) is 2.36. The molecular weight excluding hydrogens is 484 g/mol. The summed E-state index contributed by atoms with van der Waals surface area (Å²) in [6, 6.07) is 13.7. The molecule has 0 radical (unpaired) electrons. The number of halogens is 4. The summed E-state index contributed by atoms with van der Waals surface area (Å²) in [7, 11) is 2.21. The quantitative estimate of drug-likeness (QED) is 0.354. The van der Waals surface area contributed by atoms with Crippen LogP contribution < -0.4 is 45.4 Å². The van der Waals surface area contributed by atoms with Crippen molar-refractivity contribution >= 4 is 36.5 Å². The van der Waals surface area contributed by atoms with Gasteiger partial charge in [0, 0.05) is 0 Å². The molecule has 2 aromatic rings. The van der Waals surface area contributed by atoms with Crippen LogP contribution >= 0.6 is 15.9 Å². The van der Waals surface area contributed by atoms with Gasteiger partial charge >= 0.3 is 137 Å². The molecular formula is C16H11BrCl3NZr. The van der Waals surface area contributed by atoms with Gasteiger partial charge in [-0.05, 0) is 0 Å². The van der Waals surface area contributed by atoms with Gasteiger partial charge in [-0.2, -0.15) is 0 Å². The Morgan fingerprint density at radius 1 is 1.09 bits per heavy atom. The van der Waals surface area contributed by atoms with Crippen LogP contribution in [0.25, 0.3) is 11.6 Å². The standard InChI is InChI=1S/C16H11BrN.3ClH.Zr/c1-18-15-5-3-2-4-13(15)14-9-10-8-11(17)6-7-12(10)16(14)18;;;;/h2-3,5-9,16H,1H3;3*1H;/q;;;;+3/p-3. The fraction of sp³-hybridized carbons (Fsp3) is 0.125. The topological polar surface area (TPSA) is 3.24 Å². The van der Waals surface area contributed by atoms with Gasteiger partial charge < -0.3 is 37.2 Å². The van der Waals surface area contributed by atoms with Gasteiger partial charge in [0.2, 0.25) is 0 Å². The number of nitrogens with zero attached hydrogens (tertiary/aromatic N) is 1. The second-order valence-electron chi connectivity index (χ2n) is 5.09. The molecule has 0 spiro atoms. The zero-order valence-electron chi connectivity index (χ0n) is 11.6. The van der Waals surface area contributed by atoms with Crippen LogP contribution in [0.4, 0.5) is 5.69 Å². The van der Waals surface area contributed by atoms with Crippen molar-refractivity contribution in [2.45, 2.75) is 6.04 Å². The van der Waals surface area contributed by atoms with Crippen molar-refractivity contribution in [3.8, 4) is 0 Å². The molecule has 2 aromatic carbocycles. The first kappa shape index (κ1) is 20.3. The molecule has 1 heterocycles. The maximum Gasteiger partial charge on any atom is -1.00 e. The normalized spacial score (nSPS) is 16.5. The molecule has 2 aliphatic rings. The van der Waals surface area contributed by atoms with E-state index in [1.165, 1.54) is 55.9 Å². The molecule has 0 fully saturated rings. The molecule has 4 rings (SSSR count). The molecule has 1 atom stereocenters. The summed E-state index contributed by atoms with van der Waals surface area (Å²) in [5.74, 6) is 0. The molecule has 0 saturated heterocycles. The fourth-order valence-electron chi connectivity index (χ4n) is 3.24. The molecule has 6 heteroatoms. The first-order valence-electron chi connectivity index (χ1n) is 6.25. The van der Waals surface area contributed by atoms with E-state index in [1.54, 1.807) is 0 Å². The second-order valence-corrected chi connectivity index (χ2v) is 7.33. The first-order chi connectivity index (χ1) is 9.16. The molecule has 0 bridgehead atoms. The number of fused-ring (bicyclic) bond motifs is 5. The van der Waals surface area contributed by atoms with Crippen LogP contribution in [0.3, 0.4) is 0 Å². The molecule has 0 amide bonds. The van der Waals surface area contributed by atoms with E-state index in [0.717, 1.165) is 4.47 Å². The maximum atomic E-state index is 3.57. The van der Waals surface area contributed by atoms with E-state index in [-0.39, 0.29) is 37.2 Å². The van der Waals surface area contributed by atoms with Crippen molar-refractivity contribution in [1.29, 1.82) is 0 Å². The minimum absolute atomic E-state index is 0. The number of hydrogen-bond donors (Lipinski definition) is 0. The van der Waals surface area contributed by atoms with E-state index < -0.39 is 0 Å². The summed E-state index contributed by atoms with van der Waals surface area (Å²) in [5.41, 5.74) is 7.08. The summed E-state index contributed by atoms with van der Waals surface area (Å²) in [6.45, 7) is 0. The van der Waals surface area contributed by atoms with Crippen LogP contribution in [0.2, 0.25) is 0 Å². The molecule has 0 N–H and O–H groups in total. The van der Waals surface area contributed by atoms with E-state index in [4.69, 9.17) is 0 Å². The van der Waals surface area contributed by atoms with Crippen molar-refractivity contribution in [3.05, 3.63) is 57.6 Å². The number of likely N-dealkylation sites (N-methyl/N-ethyl adjacent to an activating group) is 1. The van der Waals surface area contributed by atoms with Gasteiger partial charge in [-0.15, -0.1) is 0 Å². The molecule has 1 nitrogen and oxygen atoms in total. The van der Waals surface area contributed by atoms with Crippen molar-refractivity contribution < 1.29 is 61.9 Å². The summed E-state index contributed by atoms with van der Waals surface area (Å²) in [5, 5.41) is 0. The minimum atomic E-state index is 0. The van der Waals surface area contributed by atoms with Crippen LogP contribution in [0, 0.1) is 0 Å². The Kier molecular flexibility index (Phi) is 6.82.